The smallest absolute Gasteiger partial charge is 0.252 e. The molecule has 0 saturated carbocycles. The Hall–Kier alpha value is -3.40. The predicted octanol–water partition coefficient (Wildman–Crippen LogP) is 4.27. The summed E-state index contributed by atoms with van der Waals surface area (Å²) < 4.78 is 37.5. The number of hydrogen-bond acceptors (Lipinski definition) is 6. The minimum absolute atomic E-state index is 0.0532. The SMILES string of the molecule is Cc1ccc2[nH]c(=O)c(CN(CCc3ccccc3)S(=O)(=O)c3cccc4nsnc34)cc2c1. The maximum Gasteiger partial charge on any atom is 0.252 e. The Kier molecular flexibility index (Phi) is 5.99. The van der Waals surface area contributed by atoms with Crippen LogP contribution in [0.1, 0.15) is 16.7 Å². The molecule has 0 unspecified atom stereocenters. The van der Waals surface area contributed by atoms with Crippen molar-refractivity contribution in [3.8, 4) is 0 Å². The molecule has 0 aliphatic rings. The molecule has 5 rings (SSSR count). The largest absolute Gasteiger partial charge is 0.322 e. The molecule has 0 bridgehead atoms. The van der Waals surface area contributed by atoms with Crippen LogP contribution in [-0.2, 0) is 23.0 Å². The Morgan fingerprint density at radius 2 is 1.79 bits per heavy atom. The lowest BCUT2D eigenvalue weighted by Gasteiger charge is -2.22. The molecule has 0 radical (unpaired) electrons. The number of rotatable bonds is 7. The average Bonchev–Trinajstić information content (AvgIpc) is 3.31. The van der Waals surface area contributed by atoms with Gasteiger partial charge >= 0.3 is 0 Å². The molecule has 0 spiro atoms. The van der Waals surface area contributed by atoms with Gasteiger partial charge in [-0.25, -0.2) is 8.42 Å². The van der Waals surface area contributed by atoms with Crippen molar-refractivity contribution in [1.82, 2.24) is 18.0 Å². The molecular weight excluding hydrogens is 468 g/mol. The van der Waals surface area contributed by atoms with Gasteiger partial charge in [-0.2, -0.15) is 13.1 Å². The quantitative estimate of drug-likeness (QED) is 0.367. The first-order valence-corrected chi connectivity index (χ1v) is 13.0. The van der Waals surface area contributed by atoms with Gasteiger partial charge in [0.1, 0.15) is 15.9 Å². The molecule has 0 aliphatic carbocycles. The van der Waals surface area contributed by atoms with Gasteiger partial charge in [-0.3, -0.25) is 4.79 Å². The van der Waals surface area contributed by atoms with Crippen molar-refractivity contribution in [2.75, 3.05) is 6.54 Å². The van der Waals surface area contributed by atoms with Crippen LogP contribution in [0.2, 0.25) is 0 Å². The summed E-state index contributed by atoms with van der Waals surface area (Å²) in [6, 6.07) is 22.2. The van der Waals surface area contributed by atoms with Crippen LogP contribution in [0.3, 0.4) is 0 Å². The maximum absolute atomic E-state index is 13.8. The highest BCUT2D eigenvalue weighted by atomic mass is 32.2. The van der Waals surface area contributed by atoms with Crippen molar-refractivity contribution in [3.05, 3.63) is 99.8 Å². The average molecular weight is 491 g/mol. The summed E-state index contributed by atoms with van der Waals surface area (Å²) in [4.78, 5) is 15.8. The highest BCUT2D eigenvalue weighted by Gasteiger charge is 2.28. The summed E-state index contributed by atoms with van der Waals surface area (Å²) in [5.74, 6) is 0. The third-order valence-electron chi connectivity index (χ3n) is 5.78. The number of aryl methyl sites for hydroxylation is 1. The van der Waals surface area contributed by atoms with Gasteiger partial charge in [-0.05, 0) is 54.6 Å². The van der Waals surface area contributed by atoms with Gasteiger partial charge in [0.2, 0.25) is 10.0 Å². The zero-order valence-corrected chi connectivity index (χ0v) is 20.1. The van der Waals surface area contributed by atoms with Gasteiger partial charge in [0, 0.05) is 24.2 Å². The Morgan fingerprint density at radius 3 is 2.62 bits per heavy atom. The van der Waals surface area contributed by atoms with E-state index in [0.29, 0.717) is 23.0 Å². The van der Waals surface area contributed by atoms with E-state index in [9.17, 15) is 13.2 Å². The molecule has 7 nitrogen and oxygen atoms in total. The number of pyridine rings is 1. The van der Waals surface area contributed by atoms with E-state index >= 15 is 0 Å². The summed E-state index contributed by atoms with van der Waals surface area (Å²) in [6.07, 6.45) is 0.510. The number of aromatic amines is 1. The second-order valence-electron chi connectivity index (χ2n) is 8.18. The molecule has 3 aromatic carbocycles. The summed E-state index contributed by atoms with van der Waals surface area (Å²) in [5, 5.41) is 0.862. The van der Waals surface area contributed by atoms with E-state index in [0.717, 1.165) is 33.8 Å². The van der Waals surface area contributed by atoms with E-state index in [1.54, 1.807) is 24.3 Å². The Labute approximate surface area is 201 Å². The lowest BCUT2D eigenvalue weighted by Crippen LogP contribution is -2.34. The van der Waals surface area contributed by atoms with Gasteiger partial charge in [0.25, 0.3) is 5.56 Å². The fraction of sp³-hybridized carbons (Fsp3) is 0.160. The molecule has 172 valence electrons. The third kappa shape index (κ3) is 4.37. The first-order chi connectivity index (χ1) is 16.4. The van der Waals surface area contributed by atoms with Gasteiger partial charge in [0.05, 0.1) is 11.7 Å². The molecule has 5 aromatic rings. The molecule has 34 heavy (non-hydrogen) atoms. The lowest BCUT2D eigenvalue weighted by molar-refractivity contribution is 0.408. The van der Waals surface area contributed by atoms with Crippen LogP contribution in [0.5, 0.6) is 0 Å². The minimum Gasteiger partial charge on any atom is -0.322 e. The van der Waals surface area contributed by atoms with Crippen LogP contribution in [-0.4, -0.2) is 33.0 Å². The molecule has 0 atom stereocenters. The van der Waals surface area contributed by atoms with E-state index in [1.807, 2.05) is 55.5 Å². The monoisotopic (exact) mass is 490 g/mol. The molecule has 2 aromatic heterocycles. The fourth-order valence-electron chi connectivity index (χ4n) is 3.99. The van der Waals surface area contributed by atoms with Gasteiger partial charge < -0.3 is 4.98 Å². The van der Waals surface area contributed by atoms with Gasteiger partial charge in [0.15, 0.2) is 0 Å². The highest BCUT2D eigenvalue weighted by molar-refractivity contribution is 7.89. The number of aromatic nitrogens is 3. The fourth-order valence-corrected chi connectivity index (χ4v) is 6.16. The standard InChI is InChI=1S/C25H22N4O3S2/c1-17-10-11-21-19(14-17)15-20(25(30)26-21)16-29(13-12-18-6-3-2-4-7-18)34(31,32)23-9-5-8-22-24(23)28-33-27-22/h2-11,14-15H,12-13,16H2,1H3,(H,26,30). The number of sulfonamides is 1. The molecule has 1 N–H and O–H groups in total. The number of benzene rings is 3. The molecule has 2 heterocycles. The second kappa shape index (κ2) is 9.09. The zero-order valence-electron chi connectivity index (χ0n) is 18.4. The first-order valence-electron chi connectivity index (χ1n) is 10.8. The summed E-state index contributed by atoms with van der Waals surface area (Å²) in [6.45, 7) is 2.14. The van der Waals surface area contributed by atoms with Crippen molar-refractivity contribution in [1.29, 1.82) is 0 Å². The van der Waals surface area contributed by atoms with E-state index in [4.69, 9.17) is 0 Å². The van der Waals surface area contributed by atoms with Crippen molar-refractivity contribution < 1.29 is 8.42 Å². The summed E-state index contributed by atoms with van der Waals surface area (Å²) in [7, 11) is -3.96. The first kappa shape index (κ1) is 22.4. The van der Waals surface area contributed by atoms with Crippen LogP contribution >= 0.6 is 11.7 Å². The Morgan fingerprint density at radius 1 is 0.971 bits per heavy atom. The number of fused-ring (bicyclic) bond motifs is 2. The van der Waals surface area contributed by atoms with Crippen LogP contribution in [0.25, 0.3) is 21.9 Å². The van der Waals surface area contributed by atoms with E-state index in [1.165, 1.54) is 4.31 Å². The van der Waals surface area contributed by atoms with Gasteiger partial charge in [-0.1, -0.05) is 48.0 Å². The second-order valence-corrected chi connectivity index (χ2v) is 10.6. The highest BCUT2D eigenvalue weighted by Crippen LogP contribution is 2.26. The number of hydrogen-bond donors (Lipinski definition) is 1. The van der Waals surface area contributed by atoms with Crippen LogP contribution in [0.15, 0.2) is 82.5 Å². The molecule has 0 aliphatic heterocycles. The Bertz CT molecular complexity index is 1640. The Balaban J connectivity index is 1.57. The van der Waals surface area contributed by atoms with Crippen LogP contribution < -0.4 is 5.56 Å². The maximum atomic E-state index is 13.8. The van der Waals surface area contributed by atoms with Crippen molar-refractivity contribution in [2.45, 2.75) is 24.8 Å². The molecular formula is C25H22N4O3S2. The lowest BCUT2D eigenvalue weighted by atomic mass is 10.1. The summed E-state index contributed by atoms with van der Waals surface area (Å²) in [5.41, 5.74) is 3.76. The normalized spacial score (nSPS) is 12.1. The van der Waals surface area contributed by atoms with Gasteiger partial charge in [-0.15, -0.1) is 0 Å². The minimum atomic E-state index is -3.96. The van der Waals surface area contributed by atoms with Crippen molar-refractivity contribution in [3.63, 3.8) is 0 Å². The predicted molar refractivity (Wildman–Crippen MR) is 134 cm³/mol. The van der Waals surface area contributed by atoms with E-state index in [2.05, 4.69) is 13.7 Å². The van der Waals surface area contributed by atoms with Crippen LogP contribution in [0.4, 0.5) is 0 Å². The van der Waals surface area contributed by atoms with Crippen LogP contribution in [0, 0.1) is 6.92 Å². The number of nitrogens with zero attached hydrogens (tertiary/aromatic N) is 3. The van der Waals surface area contributed by atoms with Crippen molar-refractivity contribution in [2.24, 2.45) is 0 Å². The van der Waals surface area contributed by atoms with E-state index < -0.39 is 10.0 Å². The topological polar surface area (TPSA) is 96.0 Å². The summed E-state index contributed by atoms with van der Waals surface area (Å²) >= 11 is 0.976. The molecule has 0 saturated heterocycles. The zero-order chi connectivity index (χ0) is 23.7. The van der Waals surface area contributed by atoms with Crippen molar-refractivity contribution >= 4 is 43.7 Å². The molecule has 9 heteroatoms. The van der Waals surface area contributed by atoms with E-state index in [-0.39, 0.29) is 23.5 Å². The third-order valence-corrected chi connectivity index (χ3v) is 8.20. The number of H-pyrrole nitrogens is 1. The number of nitrogens with one attached hydrogen (secondary N) is 1. The molecule has 0 fully saturated rings. The molecule has 0 amide bonds.